The number of hydrogen-bond acceptors (Lipinski definition) is 7. The highest BCUT2D eigenvalue weighted by molar-refractivity contribution is 7.90. The van der Waals surface area contributed by atoms with Gasteiger partial charge in [0.05, 0.1) is 17.1 Å². The Morgan fingerprint density at radius 3 is 2.40 bits per heavy atom. The molecule has 0 aliphatic carbocycles. The maximum atomic E-state index is 12.5. The van der Waals surface area contributed by atoms with Crippen molar-refractivity contribution in [2.75, 3.05) is 23.9 Å². The van der Waals surface area contributed by atoms with Gasteiger partial charge in [0.15, 0.2) is 11.1 Å². The van der Waals surface area contributed by atoms with E-state index in [4.69, 9.17) is 11.5 Å². The van der Waals surface area contributed by atoms with E-state index in [1.54, 1.807) is 12.1 Å². The highest BCUT2D eigenvalue weighted by atomic mass is 32.2. The zero-order valence-corrected chi connectivity index (χ0v) is 18.3. The number of anilines is 1. The molecule has 0 radical (unpaired) electrons. The fourth-order valence-corrected chi connectivity index (χ4v) is 3.93. The van der Waals surface area contributed by atoms with E-state index < -0.39 is 15.7 Å². The Bertz CT molecular complexity index is 1040. The Labute approximate surface area is 178 Å². The van der Waals surface area contributed by atoms with Crippen molar-refractivity contribution in [3.05, 3.63) is 40.4 Å². The molecule has 0 unspecified atom stereocenters. The Hall–Kier alpha value is -2.99. The lowest BCUT2D eigenvalue weighted by Crippen LogP contribution is -2.28. The number of carbonyl (C=O) groups excluding carboxylic acids is 2. The van der Waals surface area contributed by atoms with Gasteiger partial charge < -0.3 is 22.1 Å². The first-order valence-electron chi connectivity index (χ1n) is 8.95. The summed E-state index contributed by atoms with van der Waals surface area (Å²) in [5, 5.41) is 5.48. The number of nitrogens with zero attached hydrogens (tertiary/aromatic N) is 2. The average Bonchev–Trinajstić information content (AvgIpc) is 3.01. The highest BCUT2D eigenvalue weighted by Crippen LogP contribution is 2.25. The number of sulfone groups is 1. The zero-order valence-electron chi connectivity index (χ0n) is 16.6. The van der Waals surface area contributed by atoms with Crippen LogP contribution in [0.15, 0.2) is 29.3 Å². The van der Waals surface area contributed by atoms with Crippen molar-refractivity contribution >= 4 is 49.8 Å². The van der Waals surface area contributed by atoms with Crippen molar-refractivity contribution in [3.8, 4) is 0 Å². The Morgan fingerprint density at radius 2 is 1.83 bits per heavy atom. The van der Waals surface area contributed by atoms with E-state index in [0.717, 1.165) is 23.2 Å². The molecule has 1 aromatic heterocycles. The van der Waals surface area contributed by atoms with Gasteiger partial charge in [-0.2, -0.15) is 0 Å². The van der Waals surface area contributed by atoms with Gasteiger partial charge in [-0.25, -0.2) is 18.4 Å². The minimum Gasteiger partial charge on any atom is -0.370 e. The van der Waals surface area contributed by atoms with E-state index in [0.29, 0.717) is 34.2 Å². The van der Waals surface area contributed by atoms with E-state index >= 15 is 0 Å². The van der Waals surface area contributed by atoms with Gasteiger partial charge in [0.25, 0.3) is 5.91 Å². The molecule has 162 valence electrons. The number of aliphatic imine (C=N–C) groups is 1. The average molecular weight is 453 g/mol. The summed E-state index contributed by atoms with van der Waals surface area (Å²) in [5.74, 6) is -0.907. The molecule has 10 nitrogen and oxygen atoms in total. The largest absolute Gasteiger partial charge is 0.370 e. The fourth-order valence-electron chi connectivity index (χ4n) is 2.48. The van der Waals surface area contributed by atoms with Crippen LogP contribution in [-0.4, -0.2) is 49.7 Å². The van der Waals surface area contributed by atoms with Crippen LogP contribution in [0.2, 0.25) is 0 Å². The number of aromatic nitrogens is 1. The smallest absolute Gasteiger partial charge is 0.263 e. The number of nitrogens with one attached hydrogen (secondary N) is 2. The van der Waals surface area contributed by atoms with Crippen molar-refractivity contribution in [3.63, 3.8) is 0 Å². The third-order valence-corrected chi connectivity index (χ3v) is 5.75. The second-order valence-electron chi connectivity index (χ2n) is 6.56. The Morgan fingerprint density at radius 1 is 1.17 bits per heavy atom. The summed E-state index contributed by atoms with van der Waals surface area (Å²) in [4.78, 5) is 32.5. The number of amides is 2. The van der Waals surface area contributed by atoms with Crippen molar-refractivity contribution < 1.29 is 18.0 Å². The number of thiazole rings is 1. The third kappa shape index (κ3) is 7.79. The van der Waals surface area contributed by atoms with Gasteiger partial charge >= 0.3 is 0 Å². The molecule has 0 saturated carbocycles. The van der Waals surface area contributed by atoms with E-state index in [2.05, 4.69) is 20.6 Å². The SMILES string of the molecule is CC(=O)Nc1nc(CCc2ccc(N=C(N)N)cc2)c(C(=O)NCCS(C)(=O)=O)s1. The predicted molar refractivity (Wildman–Crippen MR) is 118 cm³/mol. The van der Waals surface area contributed by atoms with Crippen molar-refractivity contribution in [2.45, 2.75) is 19.8 Å². The maximum Gasteiger partial charge on any atom is 0.263 e. The van der Waals surface area contributed by atoms with Crippen LogP contribution in [0.5, 0.6) is 0 Å². The first kappa shape index (κ1) is 23.3. The van der Waals surface area contributed by atoms with Crippen LogP contribution >= 0.6 is 11.3 Å². The maximum absolute atomic E-state index is 12.5. The highest BCUT2D eigenvalue weighted by Gasteiger charge is 2.19. The van der Waals surface area contributed by atoms with Crippen LogP contribution in [0.3, 0.4) is 0 Å². The zero-order chi connectivity index (χ0) is 22.3. The van der Waals surface area contributed by atoms with Gasteiger partial charge in [-0.3, -0.25) is 9.59 Å². The molecule has 0 saturated heterocycles. The van der Waals surface area contributed by atoms with Crippen LogP contribution in [-0.2, 0) is 27.5 Å². The van der Waals surface area contributed by atoms with E-state index in [9.17, 15) is 18.0 Å². The topological polar surface area (TPSA) is 170 Å². The number of guanidine groups is 1. The van der Waals surface area contributed by atoms with Crippen LogP contribution < -0.4 is 22.1 Å². The van der Waals surface area contributed by atoms with Gasteiger partial charge in [0, 0.05) is 19.7 Å². The van der Waals surface area contributed by atoms with Gasteiger partial charge in [-0.05, 0) is 30.5 Å². The molecule has 0 bridgehead atoms. The van der Waals surface area contributed by atoms with Crippen LogP contribution in [0, 0.1) is 0 Å². The Balaban J connectivity index is 2.12. The first-order chi connectivity index (χ1) is 14.0. The second-order valence-corrected chi connectivity index (χ2v) is 9.82. The predicted octanol–water partition coefficient (Wildman–Crippen LogP) is 0.566. The summed E-state index contributed by atoms with van der Waals surface area (Å²) >= 11 is 1.05. The molecular weight excluding hydrogens is 428 g/mol. The number of rotatable bonds is 9. The molecular formula is C18H24N6O4S2. The van der Waals surface area contributed by atoms with E-state index in [1.807, 2.05) is 12.1 Å². The van der Waals surface area contributed by atoms with Crippen molar-refractivity contribution in [2.24, 2.45) is 16.5 Å². The lowest BCUT2D eigenvalue weighted by molar-refractivity contribution is -0.114. The third-order valence-electron chi connectivity index (χ3n) is 3.79. The normalized spacial score (nSPS) is 11.0. The molecule has 0 aliphatic rings. The molecule has 6 N–H and O–H groups in total. The number of aryl methyl sites for hydroxylation is 2. The molecule has 0 aliphatic heterocycles. The summed E-state index contributed by atoms with van der Waals surface area (Å²) in [7, 11) is -3.19. The molecule has 2 amide bonds. The summed E-state index contributed by atoms with van der Waals surface area (Å²) in [6, 6.07) is 7.29. The second kappa shape index (κ2) is 10.2. The molecule has 30 heavy (non-hydrogen) atoms. The van der Waals surface area contributed by atoms with E-state index in [-0.39, 0.29) is 24.2 Å². The van der Waals surface area contributed by atoms with Gasteiger partial charge in [0.2, 0.25) is 5.91 Å². The standard InChI is InChI=1S/C18H24N6O4S2/c1-11(25)22-18-24-14(15(29-18)16(26)21-9-10-30(2,27)28)8-5-12-3-6-13(7-4-12)23-17(19)20/h3-4,6-7H,5,8-10H2,1-2H3,(H,21,26)(H4,19,20,23)(H,22,24,25). The van der Waals surface area contributed by atoms with Crippen LogP contribution in [0.4, 0.5) is 10.8 Å². The van der Waals surface area contributed by atoms with Gasteiger partial charge in [-0.1, -0.05) is 23.5 Å². The van der Waals surface area contributed by atoms with Gasteiger partial charge in [0.1, 0.15) is 14.7 Å². The van der Waals surface area contributed by atoms with Crippen molar-refractivity contribution in [1.29, 1.82) is 0 Å². The summed E-state index contributed by atoms with van der Waals surface area (Å²) in [6.45, 7) is 1.35. The minimum absolute atomic E-state index is 0.00324. The molecule has 1 aromatic carbocycles. The number of benzene rings is 1. The molecule has 12 heteroatoms. The monoisotopic (exact) mass is 452 g/mol. The minimum atomic E-state index is -3.19. The molecule has 2 rings (SSSR count). The Kier molecular flexibility index (Phi) is 7.89. The number of hydrogen-bond donors (Lipinski definition) is 4. The molecule has 1 heterocycles. The number of carbonyl (C=O) groups is 2. The molecule has 0 fully saturated rings. The molecule has 2 aromatic rings. The lowest BCUT2D eigenvalue weighted by Gasteiger charge is -2.05. The summed E-state index contributed by atoms with van der Waals surface area (Å²) in [6.07, 6.45) is 2.14. The van der Waals surface area contributed by atoms with E-state index in [1.165, 1.54) is 6.92 Å². The van der Waals surface area contributed by atoms with Gasteiger partial charge in [-0.15, -0.1) is 0 Å². The number of nitrogens with two attached hydrogens (primary N) is 2. The van der Waals surface area contributed by atoms with Crippen LogP contribution in [0.25, 0.3) is 0 Å². The summed E-state index contributed by atoms with van der Waals surface area (Å²) < 4.78 is 22.5. The molecule has 0 spiro atoms. The lowest BCUT2D eigenvalue weighted by atomic mass is 10.1. The van der Waals surface area contributed by atoms with Crippen LogP contribution in [0.1, 0.15) is 27.9 Å². The summed E-state index contributed by atoms with van der Waals surface area (Å²) in [5.41, 5.74) is 12.9. The molecule has 0 atom stereocenters. The fraction of sp³-hybridized carbons (Fsp3) is 0.333. The van der Waals surface area contributed by atoms with Crippen molar-refractivity contribution in [1.82, 2.24) is 10.3 Å². The first-order valence-corrected chi connectivity index (χ1v) is 11.8. The quantitative estimate of drug-likeness (QED) is 0.318.